The molecular weight excluding hydrogens is 204 g/mol. The molecule has 0 saturated carbocycles. The molecule has 1 aliphatic rings. The van der Waals surface area contributed by atoms with Gasteiger partial charge in [-0.2, -0.15) is 0 Å². The molecule has 0 saturated heterocycles. The fourth-order valence-corrected chi connectivity index (χ4v) is 1.55. The Kier molecular flexibility index (Phi) is 3.00. The standard InChI is InChI=1S/C12H12N2O2/c1-16-12-10-4-2-3-5-11(10)14-9(6-7-15)8-13-12/h2-5,7-8,14H,6H2,1H3. The van der Waals surface area contributed by atoms with Crippen molar-refractivity contribution in [1.82, 2.24) is 0 Å². The van der Waals surface area contributed by atoms with Crippen molar-refractivity contribution in [3.8, 4) is 0 Å². The molecule has 0 unspecified atom stereocenters. The van der Waals surface area contributed by atoms with Gasteiger partial charge in [0.05, 0.1) is 24.6 Å². The number of para-hydroxylation sites is 1. The summed E-state index contributed by atoms with van der Waals surface area (Å²) in [6.45, 7) is 0. The number of benzene rings is 1. The molecule has 1 aromatic carbocycles. The third-order valence-electron chi connectivity index (χ3n) is 2.29. The van der Waals surface area contributed by atoms with Gasteiger partial charge in [0, 0.05) is 12.1 Å². The SMILES string of the molecule is COC1=NC=C(CC=O)Nc2ccccc21. The number of nitrogens with one attached hydrogen (secondary N) is 1. The Bertz CT molecular complexity index is 464. The van der Waals surface area contributed by atoms with Crippen LogP contribution in [0.3, 0.4) is 0 Å². The number of allylic oxidation sites excluding steroid dienone is 1. The topological polar surface area (TPSA) is 50.7 Å². The van der Waals surface area contributed by atoms with E-state index in [1.807, 2.05) is 24.3 Å². The molecule has 0 aromatic heterocycles. The zero-order chi connectivity index (χ0) is 11.4. The Balaban J connectivity index is 2.44. The van der Waals surface area contributed by atoms with Crippen LogP contribution in [0.1, 0.15) is 12.0 Å². The summed E-state index contributed by atoms with van der Waals surface area (Å²) in [6.07, 6.45) is 2.77. The van der Waals surface area contributed by atoms with Crippen LogP contribution >= 0.6 is 0 Å². The highest BCUT2D eigenvalue weighted by atomic mass is 16.5. The van der Waals surface area contributed by atoms with Crippen molar-refractivity contribution in [2.75, 3.05) is 12.4 Å². The molecule has 16 heavy (non-hydrogen) atoms. The average Bonchev–Trinajstić information content (AvgIpc) is 2.48. The number of anilines is 1. The minimum atomic E-state index is 0.314. The molecule has 0 atom stereocenters. The number of carbonyl (C=O) groups excluding carboxylic acids is 1. The highest BCUT2D eigenvalue weighted by Gasteiger charge is 2.12. The molecule has 4 heteroatoms. The maximum absolute atomic E-state index is 10.5. The van der Waals surface area contributed by atoms with E-state index in [1.165, 1.54) is 0 Å². The second kappa shape index (κ2) is 4.61. The van der Waals surface area contributed by atoms with E-state index >= 15 is 0 Å². The molecule has 0 aliphatic carbocycles. The molecule has 1 N–H and O–H groups in total. The number of rotatable bonds is 2. The van der Waals surface area contributed by atoms with Crippen molar-refractivity contribution in [3.05, 3.63) is 41.7 Å². The van der Waals surface area contributed by atoms with E-state index < -0.39 is 0 Å². The summed E-state index contributed by atoms with van der Waals surface area (Å²) in [5.41, 5.74) is 2.55. The smallest absolute Gasteiger partial charge is 0.222 e. The van der Waals surface area contributed by atoms with E-state index in [0.717, 1.165) is 23.2 Å². The molecule has 1 aromatic rings. The van der Waals surface area contributed by atoms with Crippen molar-refractivity contribution < 1.29 is 9.53 Å². The first-order chi connectivity index (χ1) is 7.85. The van der Waals surface area contributed by atoms with Crippen LogP contribution in [-0.2, 0) is 9.53 Å². The number of aliphatic imine (C=N–C) groups is 1. The molecular formula is C12H12N2O2. The van der Waals surface area contributed by atoms with E-state index in [0.29, 0.717) is 12.3 Å². The Labute approximate surface area is 93.6 Å². The Hall–Kier alpha value is -2.10. The van der Waals surface area contributed by atoms with E-state index in [4.69, 9.17) is 4.74 Å². The zero-order valence-corrected chi connectivity index (χ0v) is 8.93. The van der Waals surface area contributed by atoms with Gasteiger partial charge in [-0.1, -0.05) is 12.1 Å². The van der Waals surface area contributed by atoms with Crippen molar-refractivity contribution in [2.45, 2.75) is 6.42 Å². The van der Waals surface area contributed by atoms with Gasteiger partial charge in [-0.05, 0) is 12.1 Å². The summed E-state index contributed by atoms with van der Waals surface area (Å²) >= 11 is 0. The number of aldehydes is 1. The van der Waals surface area contributed by atoms with E-state index in [1.54, 1.807) is 13.3 Å². The maximum atomic E-state index is 10.5. The molecule has 82 valence electrons. The first kappa shape index (κ1) is 10.4. The lowest BCUT2D eigenvalue weighted by atomic mass is 10.1. The van der Waals surface area contributed by atoms with Crippen LogP contribution in [0.15, 0.2) is 41.2 Å². The zero-order valence-electron chi connectivity index (χ0n) is 8.93. The number of hydrogen-bond acceptors (Lipinski definition) is 4. The van der Waals surface area contributed by atoms with Gasteiger partial charge in [-0.25, -0.2) is 4.99 Å². The molecule has 0 amide bonds. The highest BCUT2D eigenvalue weighted by Crippen LogP contribution is 2.22. The van der Waals surface area contributed by atoms with Gasteiger partial charge in [0.25, 0.3) is 0 Å². The third-order valence-corrected chi connectivity index (χ3v) is 2.29. The number of nitrogens with zero attached hydrogens (tertiary/aromatic N) is 1. The number of fused-ring (bicyclic) bond motifs is 1. The second-order valence-corrected chi connectivity index (χ2v) is 3.33. The molecule has 1 heterocycles. The lowest BCUT2D eigenvalue weighted by Crippen LogP contribution is -2.06. The molecule has 0 radical (unpaired) electrons. The van der Waals surface area contributed by atoms with Crippen LogP contribution in [0.2, 0.25) is 0 Å². The predicted octanol–water partition coefficient (Wildman–Crippen LogP) is 1.94. The number of hydrogen-bond donors (Lipinski definition) is 1. The number of carbonyl (C=O) groups is 1. The summed E-state index contributed by atoms with van der Waals surface area (Å²) in [7, 11) is 1.58. The van der Waals surface area contributed by atoms with Crippen LogP contribution in [0.25, 0.3) is 0 Å². The molecule has 0 bridgehead atoms. The molecule has 2 rings (SSSR count). The van der Waals surface area contributed by atoms with Gasteiger partial charge in [-0.3, -0.25) is 0 Å². The lowest BCUT2D eigenvalue weighted by Gasteiger charge is -2.10. The first-order valence-corrected chi connectivity index (χ1v) is 4.96. The third kappa shape index (κ3) is 1.95. The van der Waals surface area contributed by atoms with Gasteiger partial charge in [0.15, 0.2) is 0 Å². The quantitative estimate of drug-likeness (QED) is 0.768. The fourth-order valence-electron chi connectivity index (χ4n) is 1.55. The van der Waals surface area contributed by atoms with E-state index in [9.17, 15) is 4.79 Å². The largest absolute Gasteiger partial charge is 0.481 e. The first-order valence-electron chi connectivity index (χ1n) is 4.96. The van der Waals surface area contributed by atoms with E-state index in [2.05, 4.69) is 10.3 Å². The van der Waals surface area contributed by atoms with Crippen LogP contribution in [0.4, 0.5) is 5.69 Å². The van der Waals surface area contributed by atoms with Gasteiger partial charge >= 0.3 is 0 Å². The fraction of sp³-hybridized carbons (Fsp3) is 0.167. The van der Waals surface area contributed by atoms with Crippen molar-refractivity contribution in [1.29, 1.82) is 0 Å². The number of methoxy groups -OCH3 is 1. The van der Waals surface area contributed by atoms with Crippen molar-refractivity contribution >= 4 is 17.9 Å². The molecule has 0 fully saturated rings. The Morgan fingerprint density at radius 3 is 3.00 bits per heavy atom. The van der Waals surface area contributed by atoms with Gasteiger partial charge in [0.2, 0.25) is 5.90 Å². The minimum absolute atomic E-state index is 0.314. The maximum Gasteiger partial charge on any atom is 0.222 e. The second-order valence-electron chi connectivity index (χ2n) is 3.33. The summed E-state index contributed by atoms with van der Waals surface area (Å²) in [4.78, 5) is 14.7. The number of ether oxygens (including phenoxy) is 1. The average molecular weight is 216 g/mol. The highest BCUT2D eigenvalue weighted by molar-refractivity contribution is 6.00. The Morgan fingerprint density at radius 2 is 2.25 bits per heavy atom. The molecule has 1 aliphatic heterocycles. The van der Waals surface area contributed by atoms with Crippen LogP contribution < -0.4 is 5.32 Å². The summed E-state index contributed by atoms with van der Waals surface area (Å²) < 4.78 is 5.20. The molecule has 0 spiro atoms. The van der Waals surface area contributed by atoms with Crippen molar-refractivity contribution in [2.24, 2.45) is 4.99 Å². The Morgan fingerprint density at radius 1 is 1.44 bits per heavy atom. The predicted molar refractivity (Wildman–Crippen MR) is 62.4 cm³/mol. The van der Waals surface area contributed by atoms with Gasteiger partial charge in [-0.15, -0.1) is 0 Å². The van der Waals surface area contributed by atoms with Crippen LogP contribution in [-0.4, -0.2) is 19.3 Å². The monoisotopic (exact) mass is 216 g/mol. The normalized spacial score (nSPS) is 13.8. The lowest BCUT2D eigenvalue weighted by molar-refractivity contribution is -0.107. The minimum Gasteiger partial charge on any atom is -0.481 e. The summed E-state index contributed by atoms with van der Waals surface area (Å²) in [5, 5.41) is 3.16. The van der Waals surface area contributed by atoms with Crippen LogP contribution in [0.5, 0.6) is 0 Å². The van der Waals surface area contributed by atoms with Crippen LogP contribution in [0, 0.1) is 0 Å². The van der Waals surface area contributed by atoms with E-state index in [-0.39, 0.29) is 0 Å². The molecule has 4 nitrogen and oxygen atoms in total. The van der Waals surface area contributed by atoms with Gasteiger partial charge < -0.3 is 14.8 Å². The summed E-state index contributed by atoms with van der Waals surface area (Å²) in [6, 6.07) is 7.68. The van der Waals surface area contributed by atoms with Crippen molar-refractivity contribution in [3.63, 3.8) is 0 Å². The van der Waals surface area contributed by atoms with Gasteiger partial charge in [0.1, 0.15) is 6.29 Å². The summed E-state index contributed by atoms with van der Waals surface area (Å²) in [5.74, 6) is 0.545.